The number of aromatic nitrogens is 1. The number of carbonyl (C=O) groups is 1. The molecule has 2 aromatic rings. The van der Waals surface area contributed by atoms with E-state index in [1.54, 1.807) is 24.0 Å². The van der Waals surface area contributed by atoms with Crippen LogP contribution in [0.25, 0.3) is 0 Å². The zero-order chi connectivity index (χ0) is 27.2. The number of piperazine rings is 1. The lowest BCUT2D eigenvalue weighted by Gasteiger charge is -2.33. The smallest absolute Gasteiger partial charge is 0.369 e. The van der Waals surface area contributed by atoms with E-state index in [0.717, 1.165) is 18.9 Å². The van der Waals surface area contributed by atoms with Gasteiger partial charge in [-0.1, -0.05) is 26.0 Å². The monoisotopic (exact) mass is 541 g/mol. The first kappa shape index (κ1) is 28.9. The minimum Gasteiger partial charge on any atom is -0.369 e. The van der Waals surface area contributed by atoms with Crippen LogP contribution in [0.1, 0.15) is 37.9 Å². The molecule has 0 atom stereocenters. The first-order chi connectivity index (χ1) is 17.4. The zero-order valence-electron chi connectivity index (χ0n) is 21.3. The topological polar surface area (TPSA) is 94.6 Å². The highest BCUT2D eigenvalue weighted by Crippen LogP contribution is 2.34. The van der Waals surface area contributed by atoms with Gasteiger partial charge in [0, 0.05) is 38.4 Å². The van der Waals surface area contributed by atoms with Gasteiger partial charge in [0.05, 0.1) is 17.8 Å². The number of alkyl halides is 3. The zero-order valence-corrected chi connectivity index (χ0v) is 22.1. The molecule has 0 radical (unpaired) electrons. The summed E-state index contributed by atoms with van der Waals surface area (Å²) in [6, 6.07) is 8.00. The molecule has 8 nitrogen and oxygen atoms in total. The molecular formula is C25H34F3N5O3S. The minimum absolute atomic E-state index is 0.109. The van der Waals surface area contributed by atoms with E-state index < -0.39 is 27.7 Å². The Morgan fingerprint density at radius 3 is 2.41 bits per heavy atom. The predicted molar refractivity (Wildman–Crippen MR) is 137 cm³/mol. The molecule has 1 aromatic carbocycles. The number of sulfonamides is 1. The van der Waals surface area contributed by atoms with Crippen LogP contribution in [0.5, 0.6) is 0 Å². The molecule has 2 heterocycles. The Bertz CT molecular complexity index is 1180. The minimum atomic E-state index is -4.59. The SMILES string of the molecule is Cc1ccc(S(=O)(=O)N2CCN(CC(=O)Nc3ccccc3C(F)(F)F)CC2)c(NCCCC(C)C)n1. The number of amides is 1. The molecule has 12 heteroatoms. The fraction of sp³-hybridized carbons (Fsp3) is 0.520. The van der Waals surface area contributed by atoms with Crippen LogP contribution >= 0.6 is 0 Å². The van der Waals surface area contributed by atoms with Gasteiger partial charge in [0.1, 0.15) is 10.7 Å². The van der Waals surface area contributed by atoms with E-state index in [1.807, 2.05) is 0 Å². The number of hydrogen-bond donors (Lipinski definition) is 2. The van der Waals surface area contributed by atoms with E-state index in [2.05, 4.69) is 29.5 Å². The summed E-state index contributed by atoms with van der Waals surface area (Å²) in [7, 11) is -3.83. The van der Waals surface area contributed by atoms with Crippen LogP contribution in [0, 0.1) is 12.8 Å². The number of anilines is 2. The van der Waals surface area contributed by atoms with Crippen molar-refractivity contribution in [2.75, 3.05) is 49.9 Å². The third-order valence-electron chi connectivity index (χ3n) is 6.07. The Hall–Kier alpha value is -2.70. The molecule has 1 saturated heterocycles. The van der Waals surface area contributed by atoms with Crippen molar-refractivity contribution in [1.29, 1.82) is 0 Å². The molecule has 0 saturated carbocycles. The highest BCUT2D eigenvalue weighted by molar-refractivity contribution is 7.89. The van der Waals surface area contributed by atoms with E-state index in [-0.39, 0.29) is 43.3 Å². The van der Waals surface area contributed by atoms with Crippen molar-refractivity contribution >= 4 is 27.4 Å². The summed E-state index contributed by atoms with van der Waals surface area (Å²) in [4.78, 5) is 18.7. The van der Waals surface area contributed by atoms with Crippen LogP contribution in [-0.4, -0.2) is 67.8 Å². The van der Waals surface area contributed by atoms with Crippen molar-refractivity contribution in [2.45, 2.75) is 44.7 Å². The first-order valence-electron chi connectivity index (χ1n) is 12.3. The van der Waals surface area contributed by atoms with Gasteiger partial charge in [-0.2, -0.15) is 17.5 Å². The number of aryl methyl sites for hydroxylation is 1. The van der Waals surface area contributed by atoms with E-state index in [9.17, 15) is 26.4 Å². The second-order valence-electron chi connectivity index (χ2n) is 9.53. The Balaban J connectivity index is 1.60. The van der Waals surface area contributed by atoms with Gasteiger partial charge in [0.15, 0.2) is 0 Å². The maximum absolute atomic E-state index is 13.4. The molecule has 204 valence electrons. The Morgan fingerprint density at radius 1 is 1.08 bits per heavy atom. The van der Waals surface area contributed by atoms with Crippen molar-refractivity contribution in [3.05, 3.63) is 47.7 Å². The Morgan fingerprint density at radius 2 is 1.76 bits per heavy atom. The lowest BCUT2D eigenvalue weighted by molar-refractivity contribution is -0.137. The second-order valence-corrected chi connectivity index (χ2v) is 11.4. The standard InChI is InChI=1S/C25H34F3N5O3S/c1-18(2)7-6-12-29-24-22(11-10-19(3)30-24)37(35,36)33-15-13-32(14-16-33)17-23(34)31-21-9-5-4-8-20(21)25(26,27)28/h4-5,8-11,18H,6-7,12-17H2,1-3H3,(H,29,30)(H,31,34). The van der Waals surface area contributed by atoms with Crippen LogP contribution in [0.2, 0.25) is 0 Å². The summed E-state index contributed by atoms with van der Waals surface area (Å²) in [5.74, 6) is 0.283. The van der Waals surface area contributed by atoms with Crippen molar-refractivity contribution in [3.8, 4) is 0 Å². The summed E-state index contributed by atoms with van der Waals surface area (Å²) in [6.45, 7) is 7.36. The number of rotatable bonds is 10. The lowest BCUT2D eigenvalue weighted by atomic mass is 10.1. The Labute approximate surface area is 216 Å². The van der Waals surface area contributed by atoms with E-state index in [4.69, 9.17) is 0 Å². The number of benzene rings is 1. The first-order valence-corrected chi connectivity index (χ1v) is 13.7. The molecule has 3 rings (SSSR count). The van der Waals surface area contributed by atoms with Crippen molar-refractivity contribution < 1.29 is 26.4 Å². The normalized spacial score (nSPS) is 15.6. The third-order valence-corrected chi connectivity index (χ3v) is 8.00. The molecular weight excluding hydrogens is 507 g/mol. The summed E-state index contributed by atoms with van der Waals surface area (Å²) in [6.07, 6.45) is -2.68. The van der Waals surface area contributed by atoms with E-state index >= 15 is 0 Å². The quantitative estimate of drug-likeness (QED) is 0.438. The molecule has 0 aliphatic carbocycles. The molecule has 37 heavy (non-hydrogen) atoms. The summed E-state index contributed by atoms with van der Waals surface area (Å²) < 4.78 is 67.7. The fourth-order valence-electron chi connectivity index (χ4n) is 4.10. The number of pyridine rings is 1. The van der Waals surface area contributed by atoms with Gasteiger partial charge in [0.25, 0.3) is 0 Å². The Kier molecular flexibility index (Phi) is 9.54. The number of nitrogens with zero attached hydrogens (tertiary/aromatic N) is 3. The molecule has 1 aromatic heterocycles. The molecule has 2 N–H and O–H groups in total. The number of para-hydroxylation sites is 1. The average molecular weight is 542 g/mol. The molecule has 1 aliphatic rings. The number of hydrogen-bond acceptors (Lipinski definition) is 6. The predicted octanol–water partition coefficient (Wildman–Crippen LogP) is 4.20. The lowest BCUT2D eigenvalue weighted by Crippen LogP contribution is -2.50. The van der Waals surface area contributed by atoms with Gasteiger partial charge in [-0.25, -0.2) is 13.4 Å². The van der Waals surface area contributed by atoms with Gasteiger partial charge in [-0.05, 0) is 49.9 Å². The highest BCUT2D eigenvalue weighted by atomic mass is 32.2. The molecule has 1 aliphatic heterocycles. The number of halogens is 3. The summed E-state index contributed by atoms with van der Waals surface area (Å²) in [5.41, 5.74) is -0.519. The van der Waals surface area contributed by atoms with Crippen molar-refractivity contribution in [3.63, 3.8) is 0 Å². The van der Waals surface area contributed by atoms with Crippen LogP contribution in [-0.2, 0) is 21.0 Å². The van der Waals surface area contributed by atoms with Crippen molar-refractivity contribution in [1.82, 2.24) is 14.2 Å². The van der Waals surface area contributed by atoms with Gasteiger partial charge in [-0.15, -0.1) is 0 Å². The maximum atomic E-state index is 13.4. The second kappa shape index (κ2) is 12.2. The van der Waals surface area contributed by atoms with Crippen LogP contribution in [0.4, 0.5) is 24.7 Å². The largest absolute Gasteiger partial charge is 0.418 e. The molecule has 0 unspecified atom stereocenters. The van der Waals surface area contributed by atoms with Gasteiger partial charge in [0.2, 0.25) is 15.9 Å². The molecule has 0 spiro atoms. The molecule has 1 amide bonds. The van der Waals surface area contributed by atoms with Gasteiger partial charge in [-0.3, -0.25) is 9.69 Å². The van der Waals surface area contributed by atoms with Crippen LogP contribution in [0.15, 0.2) is 41.3 Å². The van der Waals surface area contributed by atoms with Crippen LogP contribution in [0.3, 0.4) is 0 Å². The van der Waals surface area contributed by atoms with Gasteiger partial charge >= 0.3 is 6.18 Å². The maximum Gasteiger partial charge on any atom is 0.418 e. The van der Waals surface area contributed by atoms with Crippen molar-refractivity contribution in [2.24, 2.45) is 5.92 Å². The number of carbonyl (C=O) groups excluding carboxylic acids is 1. The fourth-order valence-corrected chi connectivity index (χ4v) is 5.62. The van der Waals surface area contributed by atoms with E-state index in [0.29, 0.717) is 24.0 Å². The summed E-state index contributed by atoms with van der Waals surface area (Å²) in [5, 5.41) is 5.49. The van der Waals surface area contributed by atoms with Crippen LogP contribution < -0.4 is 10.6 Å². The molecule has 1 fully saturated rings. The number of nitrogens with one attached hydrogen (secondary N) is 2. The average Bonchev–Trinajstić information content (AvgIpc) is 2.81. The highest BCUT2D eigenvalue weighted by Gasteiger charge is 2.34. The van der Waals surface area contributed by atoms with Gasteiger partial charge < -0.3 is 10.6 Å². The summed E-state index contributed by atoms with van der Waals surface area (Å²) >= 11 is 0. The third kappa shape index (κ3) is 7.89. The van der Waals surface area contributed by atoms with E-state index in [1.165, 1.54) is 22.5 Å². The molecule has 0 bridgehead atoms.